The van der Waals surface area contributed by atoms with Gasteiger partial charge in [-0.05, 0) is 49.7 Å². The number of esters is 1. The maximum absolute atomic E-state index is 13.0. The second-order valence-electron chi connectivity index (χ2n) is 7.58. The molecule has 7 nitrogen and oxygen atoms in total. The standard InChI is InChI=1S/C26H25N3O4/c1-4-16-32-26(31)20-12-10-19(11-13-20)23-15-14-22(33-23)17-27-24-18(2)28(3)29(25(24)30)21-8-6-5-7-9-21/h5-15,17H,4,16H2,1-3H3. The molecule has 0 atom stereocenters. The summed E-state index contributed by atoms with van der Waals surface area (Å²) in [5, 5.41) is 0. The number of carbonyl (C=O) groups is 1. The van der Waals surface area contributed by atoms with Crippen LogP contribution in [0.25, 0.3) is 17.0 Å². The summed E-state index contributed by atoms with van der Waals surface area (Å²) in [4.78, 5) is 29.3. The minimum absolute atomic E-state index is 0.199. The van der Waals surface area contributed by atoms with Crippen LogP contribution in [0.1, 0.15) is 35.2 Å². The van der Waals surface area contributed by atoms with Crippen molar-refractivity contribution in [2.24, 2.45) is 12.0 Å². The molecule has 4 rings (SSSR count). The highest BCUT2D eigenvalue weighted by atomic mass is 16.5. The molecule has 4 aromatic rings. The van der Waals surface area contributed by atoms with E-state index >= 15 is 0 Å². The molecule has 0 fully saturated rings. The van der Waals surface area contributed by atoms with E-state index in [4.69, 9.17) is 9.15 Å². The van der Waals surface area contributed by atoms with Crippen LogP contribution in [-0.2, 0) is 11.8 Å². The van der Waals surface area contributed by atoms with E-state index in [0.29, 0.717) is 29.4 Å². The smallest absolute Gasteiger partial charge is 0.338 e. The summed E-state index contributed by atoms with van der Waals surface area (Å²) in [5.41, 5.74) is 3.00. The average Bonchev–Trinajstić information content (AvgIpc) is 3.39. The fourth-order valence-corrected chi connectivity index (χ4v) is 3.46. The van der Waals surface area contributed by atoms with Gasteiger partial charge in [0, 0.05) is 12.6 Å². The van der Waals surface area contributed by atoms with Crippen molar-refractivity contribution in [3.05, 3.63) is 94.1 Å². The molecule has 2 heterocycles. The normalized spacial score (nSPS) is 11.2. The van der Waals surface area contributed by atoms with Gasteiger partial charge >= 0.3 is 5.97 Å². The van der Waals surface area contributed by atoms with Gasteiger partial charge in [0.2, 0.25) is 0 Å². The third-order valence-electron chi connectivity index (χ3n) is 5.31. The van der Waals surface area contributed by atoms with E-state index in [9.17, 15) is 9.59 Å². The predicted molar refractivity (Wildman–Crippen MR) is 128 cm³/mol. The van der Waals surface area contributed by atoms with Crippen molar-refractivity contribution in [2.75, 3.05) is 6.61 Å². The Morgan fingerprint density at radius 1 is 1.06 bits per heavy atom. The van der Waals surface area contributed by atoms with Crippen molar-refractivity contribution in [1.82, 2.24) is 9.36 Å². The summed E-state index contributed by atoms with van der Waals surface area (Å²) >= 11 is 0. The molecule has 168 valence electrons. The topological polar surface area (TPSA) is 78.7 Å². The Morgan fingerprint density at radius 2 is 1.79 bits per heavy atom. The Kier molecular flexibility index (Phi) is 6.40. The second-order valence-corrected chi connectivity index (χ2v) is 7.58. The summed E-state index contributed by atoms with van der Waals surface area (Å²) in [5.74, 6) is 0.816. The molecule has 0 N–H and O–H groups in total. The maximum Gasteiger partial charge on any atom is 0.338 e. The molecule has 2 aromatic heterocycles. The van der Waals surface area contributed by atoms with Gasteiger partial charge in [0.25, 0.3) is 5.56 Å². The monoisotopic (exact) mass is 443 g/mol. The average molecular weight is 444 g/mol. The van der Waals surface area contributed by atoms with Gasteiger partial charge in [0.1, 0.15) is 11.5 Å². The molecule has 0 spiro atoms. The highest BCUT2D eigenvalue weighted by Crippen LogP contribution is 2.23. The van der Waals surface area contributed by atoms with Gasteiger partial charge in [-0.25, -0.2) is 14.5 Å². The lowest BCUT2D eigenvalue weighted by molar-refractivity contribution is 0.0505. The third kappa shape index (κ3) is 4.57. The predicted octanol–water partition coefficient (Wildman–Crippen LogP) is 5.06. The Balaban J connectivity index is 1.54. The van der Waals surface area contributed by atoms with Gasteiger partial charge in [-0.1, -0.05) is 37.3 Å². The number of furan rings is 1. The minimum Gasteiger partial charge on any atom is -0.462 e. The molecule has 0 radical (unpaired) electrons. The van der Waals surface area contributed by atoms with Gasteiger partial charge in [-0.15, -0.1) is 0 Å². The number of ether oxygens (including phenoxy) is 1. The van der Waals surface area contributed by atoms with Crippen LogP contribution < -0.4 is 5.56 Å². The number of carbonyl (C=O) groups excluding carboxylic acids is 1. The van der Waals surface area contributed by atoms with E-state index in [1.54, 1.807) is 33.8 Å². The Hall–Kier alpha value is -4.13. The lowest BCUT2D eigenvalue weighted by Crippen LogP contribution is -2.19. The van der Waals surface area contributed by atoms with Gasteiger partial charge in [-0.3, -0.25) is 9.48 Å². The molecule has 7 heteroatoms. The molecule has 0 unspecified atom stereocenters. The van der Waals surface area contributed by atoms with Crippen molar-refractivity contribution in [3.8, 4) is 17.0 Å². The minimum atomic E-state index is -0.338. The lowest BCUT2D eigenvalue weighted by atomic mass is 10.1. The number of rotatable bonds is 7. The molecule has 0 amide bonds. The van der Waals surface area contributed by atoms with E-state index in [1.165, 1.54) is 0 Å². The van der Waals surface area contributed by atoms with Crippen LogP contribution in [0, 0.1) is 6.92 Å². The van der Waals surface area contributed by atoms with Gasteiger partial charge < -0.3 is 9.15 Å². The number of para-hydroxylation sites is 1. The van der Waals surface area contributed by atoms with Crippen LogP contribution in [0.4, 0.5) is 5.69 Å². The molecule has 0 aliphatic heterocycles. The summed E-state index contributed by atoms with van der Waals surface area (Å²) < 4.78 is 14.4. The fourth-order valence-electron chi connectivity index (χ4n) is 3.46. The molecule has 0 saturated heterocycles. The first-order valence-electron chi connectivity index (χ1n) is 10.7. The van der Waals surface area contributed by atoms with Crippen molar-refractivity contribution >= 4 is 17.9 Å². The van der Waals surface area contributed by atoms with Crippen molar-refractivity contribution in [2.45, 2.75) is 20.3 Å². The van der Waals surface area contributed by atoms with E-state index in [1.807, 2.05) is 69.4 Å². The molecule has 0 saturated carbocycles. The molecular weight excluding hydrogens is 418 g/mol. The third-order valence-corrected chi connectivity index (χ3v) is 5.31. The highest BCUT2D eigenvalue weighted by Gasteiger charge is 2.15. The van der Waals surface area contributed by atoms with E-state index < -0.39 is 0 Å². The number of aliphatic imine (C=N–C) groups is 1. The summed E-state index contributed by atoms with van der Waals surface area (Å²) in [6.07, 6.45) is 2.32. The summed E-state index contributed by atoms with van der Waals surface area (Å²) in [6, 6.07) is 20.1. The van der Waals surface area contributed by atoms with Crippen LogP contribution in [0.15, 0.2) is 80.9 Å². The lowest BCUT2D eigenvalue weighted by Gasteiger charge is -2.07. The molecule has 2 aromatic carbocycles. The number of hydrogen-bond donors (Lipinski definition) is 0. The zero-order valence-electron chi connectivity index (χ0n) is 18.8. The van der Waals surface area contributed by atoms with Crippen LogP contribution >= 0.6 is 0 Å². The van der Waals surface area contributed by atoms with Gasteiger partial charge in [-0.2, -0.15) is 0 Å². The number of hydrogen-bond acceptors (Lipinski definition) is 5. The molecule has 0 bridgehead atoms. The molecular formula is C26H25N3O4. The van der Waals surface area contributed by atoms with Gasteiger partial charge in [0.05, 0.1) is 29.8 Å². The quantitative estimate of drug-likeness (QED) is 0.295. The SMILES string of the molecule is CCCOC(=O)c1ccc(-c2ccc(C=Nc3c(C)n(C)n(-c4ccccc4)c3=O)o2)cc1. The Bertz CT molecular complexity index is 1340. The second kappa shape index (κ2) is 9.56. The first-order valence-corrected chi connectivity index (χ1v) is 10.7. The number of nitrogens with zero attached hydrogens (tertiary/aromatic N) is 3. The van der Waals surface area contributed by atoms with Crippen molar-refractivity contribution in [1.29, 1.82) is 0 Å². The van der Waals surface area contributed by atoms with E-state index in [-0.39, 0.29) is 11.5 Å². The largest absolute Gasteiger partial charge is 0.462 e. The first-order chi connectivity index (χ1) is 16.0. The first kappa shape index (κ1) is 22.1. The van der Waals surface area contributed by atoms with Crippen molar-refractivity contribution < 1.29 is 13.9 Å². The maximum atomic E-state index is 13.0. The summed E-state index contributed by atoms with van der Waals surface area (Å²) in [6.45, 7) is 4.21. The molecule has 33 heavy (non-hydrogen) atoms. The van der Waals surface area contributed by atoms with E-state index in [0.717, 1.165) is 23.4 Å². The molecule has 0 aliphatic carbocycles. The highest BCUT2D eigenvalue weighted by molar-refractivity contribution is 5.90. The van der Waals surface area contributed by atoms with Gasteiger partial charge in [0.15, 0.2) is 5.69 Å². The zero-order chi connectivity index (χ0) is 23.4. The summed E-state index contributed by atoms with van der Waals surface area (Å²) in [7, 11) is 1.83. The Labute approximate surface area is 191 Å². The van der Waals surface area contributed by atoms with E-state index in [2.05, 4.69) is 4.99 Å². The van der Waals surface area contributed by atoms with Crippen LogP contribution in [0.2, 0.25) is 0 Å². The number of benzene rings is 2. The van der Waals surface area contributed by atoms with Crippen LogP contribution in [0.3, 0.4) is 0 Å². The fraction of sp³-hybridized carbons (Fsp3) is 0.192. The van der Waals surface area contributed by atoms with Crippen molar-refractivity contribution in [3.63, 3.8) is 0 Å². The zero-order valence-corrected chi connectivity index (χ0v) is 18.8. The molecule has 0 aliphatic rings. The Morgan fingerprint density at radius 3 is 2.48 bits per heavy atom. The van der Waals surface area contributed by atoms with Crippen LogP contribution in [-0.4, -0.2) is 28.2 Å². The number of aromatic nitrogens is 2. The van der Waals surface area contributed by atoms with Crippen LogP contribution in [0.5, 0.6) is 0 Å².